The molecule has 2 heterocycles. The first-order valence-corrected chi connectivity index (χ1v) is 5.97. The van der Waals surface area contributed by atoms with Crippen LogP contribution in [-0.4, -0.2) is 38.6 Å². The van der Waals surface area contributed by atoms with E-state index in [4.69, 9.17) is 15.2 Å². The Kier molecular flexibility index (Phi) is 3.30. The number of piperidine rings is 1. The summed E-state index contributed by atoms with van der Waals surface area (Å²) in [7, 11) is 0. The second kappa shape index (κ2) is 4.37. The van der Waals surface area contributed by atoms with E-state index in [9.17, 15) is 0 Å². The molecule has 3 N–H and O–H groups in total. The van der Waals surface area contributed by atoms with Crippen LogP contribution in [0.15, 0.2) is 0 Å². The van der Waals surface area contributed by atoms with Crippen LogP contribution in [0, 0.1) is 5.41 Å². The van der Waals surface area contributed by atoms with Crippen molar-refractivity contribution in [3.8, 4) is 0 Å². The van der Waals surface area contributed by atoms with Gasteiger partial charge >= 0.3 is 0 Å². The highest BCUT2D eigenvalue weighted by Crippen LogP contribution is 2.45. The standard InChI is InChI=1S/C11H22N2O2/c1-2-3-10(8-12)9-13-5-4-11(10)14-6-7-15-11/h13H,2-9,12H2,1H3. The predicted molar refractivity (Wildman–Crippen MR) is 58.5 cm³/mol. The van der Waals surface area contributed by atoms with Crippen LogP contribution < -0.4 is 11.1 Å². The van der Waals surface area contributed by atoms with Gasteiger partial charge < -0.3 is 20.5 Å². The van der Waals surface area contributed by atoms with Gasteiger partial charge in [0, 0.05) is 31.5 Å². The highest BCUT2D eigenvalue weighted by atomic mass is 16.7. The van der Waals surface area contributed by atoms with Crippen molar-refractivity contribution in [2.45, 2.75) is 32.0 Å². The Morgan fingerprint density at radius 1 is 1.33 bits per heavy atom. The van der Waals surface area contributed by atoms with Crippen LogP contribution in [0.2, 0.25) is 0 Å². The summed E-state index contributed by atoms with van der Waals surface area (Å²) in [6.45, 7) is 6.13. The highest BCUT2D eigenvalue weighted by molar-refractivity contribution is 5.01. The van der Waals surface area contributed by atoms with Crippen molar-refractivity contribution in [2.75, 3.05) is 32.8 Å². The summed E-state index contributed by atoms with van der Waals surface area (Å²) < 4.78 is 11.8. The third kappa shape index (κ3) is 1.69. The Morgan fingerprint density at radius 2 is 2.07 bits per heavy atom. The number of nitrogens with two attached hydrogens (primary N) is 1. The van der Waals surface area contributed by atoms with E-state index in [2.05, 4.69) is 12.2 Å². The highest BCUT2D eigenvalue weighted by Gasteiger charge is 2.55. The third-order valence-corrected chi connectivity index (χ3v) is 3.78. The van der Waals surface area contributed by atoms with E-state index in [0.29, 0.717) is 19.8 Å². The summed E-state index contributed by atoms with van der Waals surface area (Å²) in [6.07, 6.45) is 3.11. The lowest BCUT2D eigenvalue weighted by molar-refractivity contribution is -0.249. The average Bonchev–Trinajstić information content (AvgIpc) is 2.72. The van der Waals surface area contributed by atoms with Gasteiger partial charge in [0.2, 0.25) is 0 Å². The summed E-state index contributed by atoms with van der Waals surface area (Å²) in [4.78, 5) is 0. The van der Waals surface area contributed by atoms with E-state index >= 15 is 0 Å². The molecule has 1 spiro atoms. The van der Waals surface area contributed by atoms with Crippen molar-refractivity contribution in [1.82, 2.24) is 5.32 Å². The second-order valence-corrected chi connectivity index (χ2v) is 4.61. The Balaban J connectivity index is 2.22. The molecule has 0 amide bonds. The van der Waals surface area contributed by atoms with Crippen LogP contribution in [0.5, 0.6) is 0 Å². The smallest absolute Gasteiger partial charge is 0.177 e. The first kappa shape index (κ1) is 11.3. The van der Waals surface area contributed by atoms with E-state index in [-0.39, 0.29) is 5.41 Å². The first-order valence-electron chi connectivity index (χ1n) is 5.97. The molecule has 15 heavy (non-hydrogen) atoms. The van der Waals surface area contributed by atoms with E-state index in [0.717, 1.165) is 32.4 Å². The van der Waals surface area contributed by atoms with Crippen LogP contribution in [-0.2, 0) is 9.47 Å². The van der Waals surface area contributed by atoms with Crippen LogP contribution in [0.25, 0.3) is 0 Å². The molecule has 2 saturated heterocycles. The van der Waals surface area contributed by atoms with Gasteiger partial charge in [-0.15, -0.1) is 0 Å². The lowest BCUT2D eigenvalue weighted by atomic mass is 9.71. The Morgan fingerprint density at radius 3 is 2.67 bits per heavy atom. The maximum atomic E-state index is 5.98. The van der Waals surface area contributed by atoms with Gasteiger partial charge in [0.1, 0.15) is 0 Å². The summed E-state index contributed by atoms with van der Waals surface area (Å²) >= 11 is 0. The Bertz CT molecular complexity index is 213. The molecule has 0 aromatic carbocycles. The zero-order valence-electron chi connectivity index (χ0n) is 9.55. The van der Waals surface area contributed by atoms with E-state index in [1.54, 1.807) is 0 Å². The van der Waals surface area contributed by atoms with Crippen molar-refractivity contribution < 1.29 is 9.47 Å². The SMILES string of the molecule is CCCC1(CN)CNCCC12OCCO2. The molecular formula is C11H22N2O2. The molecule has 0 aromatic rings. The number of hydrogen-bond donors (Lipinski definition) is 2. The molecule has 4 nitrogen and oxygen atoms in total. The summed E-state index contributed by atoms with van der Waals surface area (Å²) in [5, 5.41) is 3.42. The number of hydrogen-bond acceptors (Lipinski definition) is 4. The zero-order chi connectivity index (χ0) is 10.8. The zero-order valence-corrected chi connectivity index (χ0v) is 9.55. The molecule has 1 unspecified atom stereocenters. The summed E-state index contributed by atoms with van der Waals surface area (Å²) in [5.41, 5.74) is 5.95. The van der Waals surface area contributed by atoms with Gasteiger partial charge in [0.15, 0.2) is 5.79 Å². The van der Waals surface area contributed by atoms with Gasteiger partial charge in [0.05, 0.1) is 13.2 Å². The van der Waals surface area contributed by atoms with Gasteiger partial charge in [-0.1, -0.05) is 13.3 Å². The average molecular weight is 214 g/mol. The molecule has 0 bridgehead atoms. The van der Waals surface area contributed by atoms with Crippen LogP contribution >= 0.6 is 0 Å². The molecule has 1 atom stereocenters. The molecule has 0 radical (unpaired) electrons. The molecule has 0 aliphatic carbocycles. The number of ether oxygens (including phenoxy) is 2. The quantitative estimate of drug-likeness (QED) is 0.717. The van der Waals surface area contributed by atoms with Crippen molar-refractivity contribution >= 4 is 0 Å². The molecule has 2 aliphatic rings. The molecular weight excluding hydrogens is 192 g/mol. The van der Waals surface area contributed by atoms with Crippen molar-refractivity contribution in [3.63, 3.8) is 0 Å². The lowest BCUT2D eigenvalue weighted by Crippen LogP contribution is -2.62. The van der Waals surface area contributed by atoms with Gasteiger partial charge in [-0.3, -0.25) is 0 Å². The van der Waals surface area contributed by atoms with Crippen LogP contribution in [0.4, 0.5) is 0 Å². The van der Waals surface area contributed by atoms with Crippen molar-refractivity contribution in [1.29, 1.82) is 0 Å². The summed E-state index contributed by atoms with van der Waals surface area (Å²) in [6, 6.07) is 0. The second-order valence-electron chi connectivity index (χ2n) is 4.61. The molecule has 2 aliphatic heterocycles. The van der Waals surface area contributed by atoms with Gasteiger partial charge in [-0.2, -0.15) is 0 Å². The Labute approximate surface area is 91.5 Å². The van der Waals surface area contributed by atoms with Crippen molar-refractivity contribution in [2.24, 2.45) is 11.1 Å². The minimum atomic E-state index is -0.400. The van der Waals surface area contributed by atoms with Crippen LogP contribution in [0.1, 0.15) is 26.2 Å². The van der Waals surface area contributed by atoms with Gasteiger partial charge in [-0.05, 0) is 6.42 Å². The molecule has 4 heteroatoms. The summed E-state index contributed by atoms with van der Waals surface area (Å²) in [5.74, 6) is -0.400. The van der Waals surface area contributed by atoms with E-state index in [1.807, 2.05) is 0 Å². The lowest BCUT2D eigenvalue weighted by Gasteiger charge is -2.49. The molecule has 0 aromatic heterocycles. The van der Waals surface area contributed by atoms with Gasteiger partial charge in [-0.25, -0.2) is 0 Å². The molecule has 2 rings (SSSR count). The number of nitrogens with one attached hydrogen (secondary N) is 1. The predicted octanol–water partition coefficient (Wildman–Crippen LogP) is 0.468. The number of rotatable bonds is 3. The van der Waals surface area contributed by atoms with Crippen LogP contribution in [0.3, 0.4) is 0 Å². The largest absolute Gasteiger partial charge is 0.347 e. The van der Waals surface area contributed by atoms with Crippen molar-refractivity contribution in [3.05, 3.63) is 0 Å². The third-order valence-electron chi connectivity index (χ3n) is 3.78. The fourth-order valence-electron chi connectivity index (χ4n) is 2.97. The topological polar surface area (TPSA) is 56.5 Å². The monoisotopic (exact) mass is 214 g/mol. The van der Waals surface area contributed by atoms with E-state index < -0.39 is 5.79 Å². The maximum absolute atomic E-state index is 5.98. The fourth-order valence-corrected chi connectivity index (χ4v) is 2.97. The minimum absolute atomic E-state index is 0.0312. The minimum Gasteiger partial charge on any atom is -0.347 e. The fraction of sp³-hybridized carbons (Fsp3) is 1.00. The molecule has 0 saturated carbocycles. The maximum Gasteiger partial charge on any atom is 0.177 e. The van der Waals surface area contributed by atoms with E-state index in [1.165, 1.54) is 0 Å². The first-order chi connectivity index (χ1) is 7.29. The Hall–Kier alpha value is -0.160. The normalized spacial score (nSPS) is 34.8. The molecule has 2 fully saturated rings. The van der Waals surface area contributed by atoms with Gasteiger partial charge in [0.25, 0.3) is 0 Å². The molecule has 88 valence electrons.